The van der Waals surface area contributed by atoms with Crippen LogP contribution in [0.25, 0.3) is 10.9 Å². The Morgan fingerprint density at radius 3 is 2.69 bits per heavy atom. The first-order valence-electron chi connectivity index (χ1n) is 11.9. The predicted molar refractivity (Wildman–Crippen MR) is 135 cm³/mol. The first-order valence-corrected chi connectivity index (χ1v) is 12.3. The van der Waals surface area contributed by atoms with Crippen LogP contribution in [-0.4, -0.2) is 34.4 Å². The fourth-order valence-electron chi connectivity index (χ4n) is 4.55. The molecule has 3 aromatic rings. The minimum atomic E-state index is -0.665. The zero-order valence-corrected chi connectivity index (χ0v) is 20.7. The smallest absolute Gasteiger partial charge is 0.287 e. The lowest BCUT2D eigenvalue weighted by molar-refractivity contribution is -0.119. The molecule has 4 rings (SSSR count). The van der Waals surface area contributed by atoms with E-state index in [1.165, 1.54) is 19.1 Å². The van der Waals surface area contributed by atoms with Crippen molar-refractivity contribution in [2.45, 2.75) is 51.6 Å². The van der Waals surface area contributed by atoms with Gasteiger partial charge >= 0.3 is 0 Å². The number of rotatable bonds is 8. The molecular weight excluding hydrogens is 487 g/mol. The van der Waals surface area contributed by atoms with Crippen LogP contribution < -0.4 is 20.9 Å². The number of ether oxygens (including phenoxy) is 1. The average Bonchev–Trinajstić information content (AvgIpc) is 2.84. The highest BCUT2D eigenvalue weighted by molar-refractivity contribution is 6.30. The first kappa shape index (κ1) is 25.6. The number of benzene rings is 2. The number of halogens is 2. The summed E-state index contributed by atoms with van der Waals surface area (Å²) < 4.78 is 20.3. The van der Waals surface area contributed by atoms with Gasteiger partial charge in [-0.15, -0.1) is 0 Å². The van der Waals surface area contributed by atoms with Crippen molar-refractivity contribution in [2.75, 3.05) is 6.61 Å². The number of hydrogen-bond donors (Lipinski definition) is 3. The van der Waals surface area contributed by atoms with Gasteiger partial charge in [-0.3, -0.25) is 14.4 Å². The molecule has 1 heterocycles. The molecule has 1 saturated carbocycles. The molecule has 2 aromatic carbocycles. The van der Waals surface area contributed by atoms with Crippen LogP contribution in [0.2, 0.25) is 5.02 Å². The molecule has 0 unspecified atom stereocenters. The molecule has 2 amide bonds. The number of aromatic amines is 1. The van der Waals surface area contributed by atoms with E-state index in [9.17, 15) is 18.8 Å². The molecule has 0 aliphatic heterocycles. The number of carbonyl (C=O) groups excluding carboxylic acids is 2. The van der Waals surface area contributed by atoms with E-state index in [4.69, 9.17) is 16.3 Å². The highest BCUT2D eigenvalue weighted by Gasteiger charge is 2.22. The predicted octanol–water partition coefficient (Wildman–Crippen LogP) is 4.11. The number of amides is 2. The van der Waals surface area contributed by atoms with Crippen molar-refractivity contribution in [2.24, 2.45) is 5.92 Å². The lowest BCUT2D eigenvalue weighted by Crippen LogP contribution is -2.36. The molecule has 0 spiro atoms. The maximum absolute atomic E-state index is 14.6. The average molecular weight is 515 g/mol. The van der Waals surface area contributed by atoms with E-state index < -0.39 is 17.3 Å². The van der Waals surface area contributed by atoms with Gasteiger partial charge in [-0.05, 0) is 67.9 Å². The summed E-state index contributed by atoms with van der Waals surface area (Å²) in [5, 5.41) is 6.15. The van der Waals surface area contributed by atoms with E-state index in [-0.39, 0.29) is 47.6 Å². The van der Waals surface area contributed by atoms with Crippen molar-refractivity contribution in [3.8, 4) is 5.75 Å². The van der Waals surface area contributed by atoms with E-state index in [0.29, 0.717) is 17.4 Å². The molecule has 1 aromatic heterocycles. The molecule has 36 heavy (non-hydrogen) atoms. The molecule has 3 N–H and O–H groups in total. The van der Waals surface area contributed by atoms with Gasteiger partial charge < -0.3 is 20.4 Å². The van der Waals surface area contributed by atoms with Crippen molar-refractivity contribution in [3.05, 3.63) is 69.0 Å². The molecule has 0 bridgehead atoms. The topological polar surface area (TPSA) is 113 Å². The third kappa shape index (κ3) is 6.40. The SMILES string of the molecule is CC(=O)NC1CCC(CCOc2c(F)ccc3nc(C(=O)NCc4cccc(Cl)c4)[nH]c(=O)c23)CC1. The summed E-state index contributed by atoms with van der Waals surface area (Å²) in [5.41, 5.74) is 0.303. The number of aromatic nitrogens is 2. The van der Waals surface area contributed by atoms with Crippen molar-refractivity contribution < 1.29 is 18.7 Å². The van der Waals surface area contributed by atoms with E-state index in [1.807, 2.05) is 6.07 Å². The van der Waals surface area contributed by atoms with Crippen molar-refractivity contribution in [1.82, 2.24) is 20.6 Å². The van der Waals surface area contributed by atoms with Gasteiger partial charge in [0.1, 0.15) is 5.39 Å². The number of carbonyl (C=O) groups is 2. The van der Waals surface area contributed by atoms with Gasteiger partial charge in [-0.2, -0.15) is 0 Å². The van der Waals surface area contributed by atoms with Gasteiger partial charge in [-0.25, -0.2) is 9.37 Å². The molecule has 0 saturated heterocycles. The van der Waals surface area contributed by atoms with Crippen LogP contribution in [0.15, 0.2) is 41.2 Å². The number of nitrogens with one attached hydrogen (secondary N) is 3. The van der Waals surface area contributed by atoms with Gasteiger partial charge in [0.15, 0.2) is 17.4 Å². The van der Waals surface area contributed by atoms with E-state index in [1.54, 1.807) is 18.2 Å². The lowest BCUT2D eigenvalue weighted by Gasteiger charge is -2.28. The number of hydrogen-bond acceptors (Lipinski definition) is 5. The minimum absolute atomic E-state index is 0.0196. The maximum Gasteiger partial charge on any atom is 0.287 e. The van der Waals surface area contributed by atoms with Crippen molar-refractivity contribution in [1.29, 1.82) is 0 Å². The van der Waals surface area contributed by atoms with Crippen molar-refractivity contribution in [3.63, 3.8) is 0 Å². The Morgan fingerprint density at radius 1 is 1.19 bits per heavy atom. The third-order valence-electron chi connectivity index (χ3n) is 6.36. The van der Waals surface area contributed by atoms with Crippen LogP contribution in [0.5, 0.6) is 5.75 Å². The summed E-state index contributed by atoms with van der Waals surface area (Å²) >= 11 is 5.96. The van der Waals surface area contributed by atoms with Crippen LogP contribution in [-0.2, 0) is 11.3 Å². The van der Waals surface area contributed by atoms with Crippen LogP contribution in [0.1, 0.15) is 55.2 Å². The molecule has 1 aliphatic rings. The summed E-state index contributed by atoms with van der Waals surface area (Å²) in [4.78, 5) is 43.3. The summed E-state index contributed by atoms with van der Waals surface area (Å²) in [6.45, 7) is 1.96. The fourth-order valence-corrected chi connectivity index (χ4v) is 4.76. The maximum atomic E-state index is 14.6. The Balaban J connectivity index is 1.41. The fraction of sp³-hybridized carbons (Fsp3) is 0.385. The van der Waals surface area contributed by atoms with Crippen LogP contribution >= 0.6 is 11.6 Å². The second kappa shape index (κ2) is 11.5. The molecule has 190 valence electrons. The van der Waals surface area contributed by atoms with Gasteiger partial charge in [0.05, 0.1) is 12.1 Å². The molecule has 1 fully saturated rings. The highest BCUT2D eigenvalue weighted by atomic mass is 35.5. The number of nitrogens with zero attached hydrogens (tertiary/aromatic N) is 1. The normalized spacial score (nSPS) is 17.5. The molecular formula is C26H28ClFN4O4. The summed E-state index contributed by atoms with van der Waals surface area (Å²) in [7, 11) is 0. The lowest BCUT2D eigenvalue weighted by atomic mass is 9.84. The van der Waals surface area contributed by atoms with Gasteiger partial charge in [-0.1, -0.05) is 23.7 Å². The largest absolute Gasteiger partial charge is 0.490 e. The molecule has 8 nitrogen and oxygen atoms in total. The number of H-pyrrole nitrogens is 1. The molecule has 0 radical (unpaired) electrons. The number of fused-ring (bicyclic) bond motifs is 1. The molecule has 1 aliphatic carbocycles. The van der Waals surface area contributed by atoms with E-state index >= 15 is 0 Å². The first-order chi connectivity index (χ1) is 17.3. The zero-order valence-electron chi connectivity index (χ0n) is 19.9. The van der Waals surface area contributed by atoms with Gasteiger partial charge in [0, 0.05) is 24.5 Å². The summed E-state index contributed by atoms with van der Waals surface area (Å²) in [6, 6.07) is 9.76. The third-order valence-corrected chi connectivity index (χ3v) is 6.60. The van der Waals surface area contributed by atoms with Crippen LogP contribution in [0.4, 0.5) is 4.39 Å². The van der Waals surface area contributed by atoms with E-state index in [0.717, 1.165) is 31.2 Å². The van der Waals surface area contributed by atoms with Crippen molar-refractivity contribution >= 4 is 34.3 Å². The van der Waals surface area contributed by atoms with E-state index in [2.05, 4.69) is 20.6 Å². The Kier molecular flexibility index (Phi) is 8.20. The van der Waals surface area contributed by atoms with Crippen LogP contribution in [0, 0.1) is 11.7 Å². The quantitative estimate of drug-likeness (QED) is 0.418. The highest BCUT2D eigenvalue weighted by Crippen LogP contribution is 2.29. The summed E-state index contributed by atoms with van der Waals surface area (Å²) in [6.07, 6.45) is 4.40. The Hall–Kier alpha value is -3.46. The van der Waals surface area contributed by atoms with Crippen LogP contribution in [0.3, 0.4) is 0 Å². The minimum Gasteiger partial charge on any atom is -0.490 e. The molecule has 10 heteroatoms. The van der Waals surface area contributed by atoms with Gasteiger partial charge in [0.25, 0.3) is 11.5 Å². The Bertz CT molecular complexity index is 1320. The summed E-state index contributed by atoms with van der Waals surface area (Å²) in [5.74, 6) is -1.20. The van der Waals surface area contributed by atoms with Gasteiger partial charge in [0.2, 0.25) is 5.91 Å². The zero-order chi connectivity index (χ0) is 25.7. The second-order valence-corrected chi connectivity index (χ2v) is 9.49. The Labute approximate surface area is 212 Å². The molecule has 0 atom stereocenters. The second-order valence-electron chi connectivity index (χ2n) is 9.05. The monoisotopic (exact) mass is 514 g/mol. The Morgan fingerprint density at radius 2 is 1.97 bits per heavy atom. The standard InChI is InChI=1S/C26H28ClFN4O4/c1-15(33)30-19-7-5-16(6-8-19)11-12-36-23-20(28)9-10-21-22(23)25(34)32-24(31-21)26(35)29-14-17-3-2-4-18(27)13-17/h2-4,9-10,13,16,19H,5-8,11-12,14H2,1H3,(H,29,35)(H,30,33)(H,31,32,34).